The van der Waals surface area contributed by atoms with Gasteiger partial charge in [-0.05, 0) is 36.6 Å². The Kier molecular flexibility index (Phi) is 4.98. The zero-order valence-corrected chi connectivity index (χ0v) is 14.4. The van der Waals surface area contributed by atoms with Gasteiger partial charge in [0, 0.05) is 42.7 Å². The van der Waals surface area contributed by atoms with E-state index in [0.29, 0.717) is 11.6 Å². The van der Waals surface area contributed by atoms with Gasteiger partial charge in [-0.25, -0.2) is 0 Å². The maximum atomic E-state index is 12.6. The average molecular weight is 330 g/mol. The topological polar surface area (TPSA) is 32.8 Å². The fourth-order valence-electron chi connectivity index (χ4n) is 2.96. The monoisotopic (exact) mass is 330 g/mol. The molecule has 1 aliphatic rings. The Morgan fingerprint density at radius 2 is 1.96 bits per heavy atom. The summed E-state index contributed by atoms with van der Waals surface area (Å²) in [7, 11) is 1.62. The average Bonchev–Trinajstić information content (AvgIpc) is 3.15. The van der Waals surface area contributed by atoms with E-state index >= 15 is 0 Å². The van der Waals surface area contributed by atoms with Crippen LogP contribution in [0.5, 0.6) is 5.75 Å². The molecule has 0 saturated carbocycles. The van der Waals surface area contributed by atoms with Gasteiger partial charge in [-0.1, -0.05) is 12.1 Å². The summed E-state index contributed by atoms with van der Waals surface area (Å²) in [6.45, 7) is 5.60. The SMILES string of the molecule is COc1cccc(C(=O)N2CCN(C(C)c3cccs3)CC2)c1. The van der Waals surface area contributed by atoms with Crippen LogP contribution in [0.15, 0.2) is 41.8 Å². The van der Waals surface area contributed by atoms with E-state index in [4.69, 9.17) is 4.74 Å². The standard InChI is InChI=1S/C18H22N2O2S/c1-14(17-7-4-12-23-17)19-8-10-20(11-9-19)18(21)15-5-3-6-16(13-15)22-2/h3-7,12-14H,8-11H2,1-2H3. The van der Waals surface area contributed by atoms with Crippen LogP contribution < -0.4 is 4.74 Å². The van der Waals surface area contributed by atoms with Crippen LogP contribution in [0, 0.1) is 0 Å². The molecule has 1 aromatic heterocycles. The molecule has 1 atom stereocenters. The van der Waals surface area contributed by atoms with Crippen LogP contribution in [0.3, 0.4) is 0 Å². The minimum atomic E-state index is 0.0901. The normalized spacial score (nSPS) is 17.0. The Morgan fingerprint density at radius 3 is 2.61 bits per heavy atom. The summed E-state index contributed by atoms with van der Waals surface area (Å²) in [6.07, 6.45) is 0. The molecule has 3 rings (SSSR count). The summed E-state index contributed by atoms with van der Waals surface area (Å²) < 4.78 is 5.20. The fourth-order valence-corrected chi connectivity index (χ4v) is 3.78. The van der Waals surface area contributed by atoms with Gasteiger partial charge >= 0.3 is 0 Å². The van der Waals surface area contributed by atoms with Gasteiger partial charge in [0.15, 0.2) is 0 Å². The largest absolute Gasteiger partial charge is 0.497 e. The highest BCUT2D eigenvalue weighted by molar-refractivity contribution is 7.10. The number of hydrogen-bond donors (Lipinski definition) is 0. The molecule has 1 fully saturated rings. The predicted molar refractivity (Wildman–Crippen MR) is 93.2 cm³/mol. The highest BCUT2D eigenvalue weighted by atomic mass is 32.1. The highest BCUT2D eigenvalue weighted by Gasteiger charge is 2.25. The minimum absolute atomic E-state index is 0.0901. The Labute approximate surface area is 141 Å². The lowest BCUT2D eigenvalue weighted by molar-refractivity contribution is 0.0584. The number of piperazine rings is 1. The Bertz CT molecular complexity index is 649. The van der Waals surface area contributed by atoms with Crippen molar-refractivity contribution in [2.75, 3.05) is 33.3 Å². The van der Waals surface area contributed by atoms with Crippen molar-refractivity contribution in [3.63, 3.8) is 0 Å². The van der Waals surface area contributed by atoms with Crippen LogP contribution in [0.1, 0.15) is 28.2 Å². The van der Waals surface area contributed by atoms with Gasteiger partial charge in [0.05, 0.1) is 7.11 Å². The number of benzene rings is 1. The summed E-state index contributed by atoms with van der Waals surface area (Å²) in [5, 5.41) is 2.12. The number of carbonyl (C=O) groups excluding carboxylic acids is 1. The lowest BCUT2D eigenvalue weighted by atomic mass is 10.1. The number of ether oxygens (including phenoxy) is 1. The summed E-state index contributed by atoms with van der Waals surface area (Å²) >= 11 is 1.80. The van der Waals surface area contributed by atoms with Gasteiger partial charge in [0.25, 0.3) is 5.91 Å². The molecule has 0 radical (unpaired) electrons. The lowest BCUT2D eigenvalue weighted by Gasteiger charge is -2.37. The molecule has 1 aromatic carbocycles. The van der Waals surface area contributed by atoms with Crippen molar-refractivity contribution in [1.29, 1.82) is 0 Å². The molecule has 23 heavy (non-hydrogen) atoms. The summed E-state index contributed by atoms with van der Waals surface area (Å²) in [4.78, 5) is 18.4. The minimum Gasteiger partial charge on any atom is -0.497 e. The van der Waals surface area contributed by atoms with E-state index in [9.17, 15) is 4.79 Å². The number of rotatable bonds is 4. The van der Waals surface area contributed by atoms with Gasteiger partial charge in [0.2, 0.25) is 0 Å². The molecular formula is C18H22N2O2S. The van der Waals surface area contributed by atoms with Crippen LogP contribution in [-0.2, 0) is 0 Å². The zero-order valence-electron chi connectivity index (χ0n) is 13.6. The molecule has 5 heteroatoms. The maximum Gasteiger partial charge on any atom is 0.254 e. The van der Waals surface area contributed by atoms with Crippen molar-refractivity contribution < 1.29 is 9.53 Å². The number of amides is 1. The van der Waals surface area contributed by atoms with Crippen LogP contribution in [0.4, 0.5) is 0 Å². The van der Waals surface area contributed by atoms with Crippen LogP contribution in [0.25, 0.3) is 0 Å². The first kappa shape index (κ1) is 16.0. The van der Waals surface area contributed by atoms with Crippen LogP contribution >= 0.6 is 11.3 Å². The smallest absolute Gasteiger partial charge is 0.254 e. The van der Waals surface area contributed by atoms with Gasteiger partial charge in [-0.2, -0.15) is 0 Å². The highest BCUT2D eigenvalue weighted by Crippen LogP contribution is 2.25. The second-order valence-electron chi connectivity index (χ2n) is 5.75. The van der Waals surface area contributed by atoms with Gasteiger partial charge in [-0.15, -0.1) is 11.3 Å². The molecule has 2 aromatic rings. The zero-order chi connectivity index (χ0) is 16.2. The Hall–Kier alpha value is -1.85. The summed E-state index contributed by atoms with van der Waals surface area (Å²) in [6, 6.07) is 12.1. The molecule has 4 nitrogen and oxygen atoms in total. The third kappa shape index (κ3) is 3.57. The molecule has 0 aliphatic carbocycles. The van der Waals surface area contributed by atoms with Gasteiger partial charge in [0.1, 0.15) is 5.75 Å². The Morgan fingerprint density at radius 1 is 1.17 bits per heavy atom. The summed E-state index contributed by atoms with van der Waals surface area (Å²) in [5.74, 6) is 0.813. The third-order valence-corrected chi connectivity index (χ3v) is 5.46. The van der Waals surface area contributed by atoms with Gasteiger partial charge in [-0.3, -0.25) is 9.69 Å². The third-order valence-electron chi connectivity index (χ3n) is 4.42. The van der Waals surface area contributed by atoms with Crippen molar-refractivity contribution >= 4 is 17.2 Å². The van der Waals surface area contributed by atoms with E-state index < -0.39 is 0 Å². The van der Waals surface area contributed by atoms with E-state index in [1.54, 1.807) is 18.4 Å². The molecule has 1 unspecified atom stereocenters. The second kappa shape index (κ2) is 7.15. The van der Waals surface area contributed by atoms with E-state index in [1.807, 2.05) is 29.2 Å². The molecule has 1 amide bonds. The van der Waals surface area contributed by atoms with Crippen LogP contribution in [-0.4, -0.2) is 49.0 Å². The Balaban J connectivity index is 1.61. The number of carbonyl (C=O) groups is 1. The van der Waals surface area contributed by atoms with E-state index in [1.165, 1.54) is 4.88 Å². The van der Waals surface area contributed by atoms with Crippen molar-refractivity contribution in [3.8, 4) is 5.75 Å². The first-order valence-electron chi connectivity index (χ1n) is 7.90. The van der Waals surface area contributed by atoms with Crippen molar-refractivity contribution in [1.82, 2.24) is 9.80 Å². The first-order valence-corrected chi connectivity index (χ1v) is 8.78. The molecule has 0 N–H and O–H groups in total. The molecule has 0 bridgehead atoms. The number of nitrogens with zero attached hydrogens (tertiary/aromatic N) is 2. The maximum absolute atomic E-state index is 12.6. The van der Waals surface area contributed by atoms with Crippen LogP contribution in [0.2, 0.25) is 0 Å². The predicted octanol–water partition coefficient (Wildman–Crippen LogP) is 3.28. The number of methoxy groups -OCH3 is 1. The molecule has 1 aliphatic heterocycles. The fraction of sp³-hybridized carbons (Fsp3) is 0.389. The molecule has 2 heterocycles. The molecule has 1 saturated heterocycles. The molecule has 122 valence electrons. The molecule has 0 spiro atoms. The van der Waals surface area contributed by atoms with E-state index in [2.05, 4.69) is 29.3 Å². The molecular weight excluding hydrogens is 308 g/mol. The summed E-state index contributed by atoms with van der Waals surface area (Å²) in [5.41, 5.74) is 0.698. The quantitative estimate of drug-likeness (QED) is 0.862. The van der Waals surface area contributed by atoms with Crippen molar-refractivity contribution in [2.45, 2.75) is 13.0 Å². The lowest BCUT2D eigenvalue weighted by Crippen LogP contribution is -2.49. The van der Waals surface area contributed by atoms with E-state index in [-0.39, 0.29) is 5.91 Å². The first-order chi connectivity index (χ1) is 11.2. The number of hydrogen-bond acceptors (Lipinski definition) is 4. The second-order valence-corrected chi connectivity index (χ2v) is 6.73. The van der Waals surface area contributed by atoms with E-state index in [0.717, 1.165) is 31.9 Å². The van der Waals surface area contributed by atoms with Gasteiger partial charge < -0.3 is 9.64 Å². The number of thiophene rings is 1. The van der Waals surface area contributed by atoms with Crippen molar-refractivity contribution in [3.05, 3.63) is 52.2 Å². The van der Waals surface area contributed by atoms with Crippen molar-refractivity contribution in [2.24, 2.45) is 0 Å².